The van der Waals surface area contributed by atoms with Crippen molar-refractivity contribution in [2.75, 3.05) is 32.8 Å². The van der Waals surface area contributed by atoms with E-state index in [-0.39, 0.29) is 6.10 Å². The molecule has 96 valence electrons. The molecule has 0 unspecified atom stereocenters. The summed E-state index contributed by atoms with van der Waals surface area (Å²) in [6.07, 6.45) is -0.366. The summed E-state index contributed by atoms with van der Waals surface area (Å²) in [5.41, 5.74) is 1.08. The number of aliphatic hydroxyl groups is 1. The Labute approximate surface area is 111 Å². The zero-order chi connectivity index (χ0) is 12.4. The first-order valence-corrected chi connectivity index (χ1v) is 7.28. The van der Waals surface area contributed by atoms with Gasteiger partial charge in [-0.05, 0) is 16.8 Å². The lowest BCUT2D eigenvalue weighted by molar-refractivity contribution is -0.911. The Morgan fingerprint density at radius 3 is 2.89 bits per heavy atom. The van der Waals surface area contributed by atoms with Crippen molar-refractivity contribution in [1.82, 2.24) is 0 Å². The zero-order valence-corrected chi connectivity index (χ0v) is 11.1. The van der Waals surface area contributed by atoms with Gasteiger partial charge in [-0.2, -0.15) is 0 Å². The second-order valence-corrected chi connectivity index (χ2v) is 5.68. The molecule has 2 heterocycles. The standard InChI is InChI=1S/C14H17NO2S/c16-13(9-15-5-7-17-8-6-15)12-10-18-14-4-2-1-3-11(12)14/h1-4,10,13,16H,5-9H2/p+1/t13-/m0/s1. The van der Waals surface area contributed by atoms with E-state index in [0.29, 0.717) is 0 Å². The van der Waals surface area contributed by atoms with Crippen LogP contribution in [0.4, 0.5) is 0 Å². The van der Waals surface area contributed by atoms with Crippen LogP contribution >= 0.6 is 11.3 Å². The molecule has 1 aromatic heterocycles. The van der Waals surface area contributed by atoms with Crippen molar-refractivity contribution in [3.63, 3.8) is 0 Å². The number of nitrogens with one attached hydrogen (secondary N) is 1. The minimum atomic E-state index is -0.366. The molecule has 2 aromatic rings. The first kappa shape index (κ1) is 12.1. The highest BCUT2D eigenvalue weighted by molar-refractivity contribution is 7.17. The van der Waals surface area contributed by atoms with E-state index >= 15 is 0 Å². The predicted molar refractivity (Wildman–Crippen MR) is 73.2 cm³/mol. The molecule has 1 aromatic carbocycles. The minimum absolute atomic E-state index is 0.366. The van der Waals surface area contributed by atoms with Crippen LogP contribution in [0.3, 0.4) is 0 Å². The quantitative estimate of drug-likeness (QED) is 0.862. The molecule has 4 heteroatoms. The number of ether oxygens (including phenoxy) is 1. The number of fused-ring (bicyclic) bond motifs is 1. The molecule has 1 saturated heterocycles. The van der Waals surface area contributed by atoms with Gasteiger partial charge in [0, 0.05) is 10.3 Å². The zero-order valence-electron chi connectivity index (χ0n) is 10.3. The number of rotatable bonds is 3. The second kappa shape index (κ2) is 5.36. The molecule has 1 atom stereocenters. The topological polar surface area (TPSA) is 33.9 Å². The van der Waals surface area contributed by atoms with E-state index in [1.165, 1.54) is 15.0 Å². The van der Waals surface area contributed by atoms with Crippen LogP contribution in [0.2, 0.25) is 0 Å². The molecule has 1 fully saturated rings. The number of benzene rings is 1. The Kier molecular flexibility index (Phi) is 3.61. The third-order valence-corrected chi connectivity index (χ3v) is 4.53. The van der Waals surface area contributed by atoms with E-state index in [1.807, 2.05) is 12.1 Å². The summed E-state index contributed by atoms with van der Waals surface area (Å²) in [4.78, 5) is 1.43. The van der Waals surface area contributed by atoms with Gasteiger partial charge in [-0.15, -0.1) is 11.3 Å². The molecule has 18 heavy (non-hydrogen) atoms. The van der Waals surface area contributed by atoms with Crippen LogP contribution in [-0.4, -0.2) is 38.0 Å². The minimum Gasteiger partial charge on any atom is -0.382 e. The molecule has 3 nitrogen and oxygen atoms in total. The first-order valence-electron chi connectivity index (χ1n) is 6.40. The maximum absolute atomic E-state index is 10.4. The van der Waals surface area contributed by atoms with Crippen LogP contribution in [0.25, 0.3) is 10.1 Å². The predicted octanol–water partition coefficient (Wildman–Crippen LogP) is 0.850. The molecular formula is C14H18NO2S+. The number of aliphatic hydroxyl groups excluding tert-OH is 1. The van der Waals surface area contributed by atoms with E-state index in [9.17, 15) is 5.11 Å². The summed E-state index contributed by atoms with van der Waals surface area (Å²) in [7, 11) is 0. The highest BCUT2D eigenvalue weighted by atomic mass is 32.1. The molecule has 0 aliphatic carbocycles. The highest BCUT2D eigenvalue weighted by Crippen LogP contribution is 2.29. The molecule has 1 aliphatic rings. The molecular weight excluding hydrogens is 246 g/mol. The second-order valence-electron chi connectivity index (χ2n) is 4.77. The van der Waals surface area contributed by atoms with Crippen molar-refractivity contribution in [3.05, 3.63) is 35.2 Å². The van der Waals surface area contributed by atoms with Gasteiger partial charge in [0.25, 0.3) is 0 Å². The summed E-state index contributed by atoms with van der Waals surface area (Å²) in [6.45, 7) is 4.40. The van der Waals surface area contributed by atoms with Gasteiger partial charge in [0.2, 0.25) is 0 Å². The van der Waals surface area contributed by atoms with Crippen LogP contribution in [0, 0.1) is 0 Å². The lowest BCUT2D eigenvalue weighted by atomic mass is 10.1. The largest absolute Gasteiger partial charge is 0.382 e. The molecule has 0 bridgehead atoms. The average Bonchev–Trinajstić information content (AvgIpc) is 2.84. The number of hydrogen-bond acceptors (Lipinski definition) is 3. The fraction of sp³-hybridized carbons (Fsp3) is 0.429. The van der Waals surface area contributed by atoms with Crippen LogP contribution in [0.1, 0.15) is 11.7 Å². The van der Waals surface area contributed by atoms with Gasteiger partial charge in [-0.25, -0.2) is 0 Å². The Balaban J connectivity index is 1.76. The van der Waals surface area contributed by atoms with Crippen molar-refractivity contribution in [2.24, 2.45) is 0 Å². The van der Waals surface area contributed by atoms with E-state index in [0.717, 1.165) is 38.4 Å². The van der Waals surface area contributed by atoms with Gasteiger partial charge in [0.1, 0.15) is 25.7 Å². The number of morpholine rings is 1. The van der Waals surface area contributed by atoms with Gasteiger partial charge in [0.15, 0.2) is 0 Å². The maximum atomic E-state index is 10.4. The molecule has 0 spiro atoms. The monoisotopic (exact) mass is 264 g/mol. The molecule has 3 rings (SSSR count). The van der Waals surface area contributed by atoms with Gasteiger partial charge in [-0.3, -0.25) is 0 Å². The molecule has 0 radical (unpaired) electrons. The number of thiophene rings is 1. The van der Waals surface area contributed by atoms with Crippen molar-refractivity contribution in [1.29, 1.82) is 0 Å². The van der Waals surface area contributed by atoms with Crippen LogP contribution < -0.4 is 4.90 Å². The average molecular weight is 264 g/mol. The van der Waals surface area contributed by atoms with Crippen molar-refractivity contribution >= 4 is 21.4 Å². The van der Waals surface area contributed by atoms with Crippen LogP contribution in [0.5, 0.6) is 0 Å². The fourth-order valence-electron chi connectivity index (χ4n) is 2.50. The van der Waals surface area contributed by atoms with E-state index in [1.54, 1.807) is 11.3 Å². The summed E-state index contributed by atoms with van der Waals surface area (Å²) >= 11 is 1.71. The smallest absolute Gasteiger partial charge is 0.129 e. The van der Waals surface area contributed by atoms with Crippen molar-refractivity contribution < 1.29 is 14.7 Å². The SMILES string of the molecule is O[C@@H](C[NH+]1CCOCC1)c1csc2ccccc12. The molecule has 0 saturated carbocycles. The number of hydrogen-bond donors (Lipinski definition) is 2. The Morgan fingerprint density at radius 1 is 1.28 bits per heavy atom. The van der Waals surface area contributed by atoms with E-state index < -0.39 is 0 Å². The van der Waals surface area contributed by atoms with Gasteiger partial charge in [-0.1, -0.05) is 18.2 Å². The summed E-state index contributed by atoms with van der Waals surface area (Å²) in [5, 5.41) is 13.7. The Morgan fingerprint density at radius 2 is 2.06 bits per heavy atom. The molecule has 1 aliphatic heterocycles. The van der Waals surface area contributed by atoms with Crippen molar-refractivity contribution in [2.45, 2.75) is 6.10 Å². The first-order chi connectivity index (χ1) is 8.84. The normalized spacial score (nSPS) is 19.2. The van der Waals surface area contributed by atoms with Crippen LogP contribution in [-0.2, 0) is 4.74 Å². The lowest BCUT2D eigenvalue weighted by Gasteiger charge is -2.25. The third kappa shape index (κ3) is 2.42. The van der Waals surface area contributed by atoms with Crippen LogP contribution in [0.15, 0.2) is 29.6 Å². The summed E-state index contributed by atoms with van der Waals surface area (Å²) in [6, 6.07) is 8.28. The summed E-state index contributed by atoms with van der Waals surface area (Å²) < 4.78 is 6.60. The Hall–Kier alpha value is -0.940. The lowest BCUT2D eigenvalue weighted by Crippen LogP contribution is -3.14. The van der Waals surface area contributed by atoms with E-state index in [2.05, 4.69) is 17.5 Å². The maximum Gasteiger partial charge on any atom is 0.129 e. The molecule has 0 amide bonds. The third-order valence-electron chi connectivity index (χ3n) is 3.55. The molecule has 2 N–H and O–H groups in total. The van der Waals surface area contributed by atoms with Crippen molar-refractivity contribution in [3.8, 4) is 0 Å². The van der Waals surface area contributed by atoms with Gasteiger partial charge < -0.3 is 14.7 Å². The van der Waals surface area contributed by atoms with E-state index in [4.69, 9.17) is 4.74 Å². The fourth-order valence-corrected chi connectivity index (χ4v) is 3.51. The Bertz CT molecular complexity index is 519. The van der Waals surface area contributed by atoms with Gasteiger partial charge >= 0.3 is 0 Å². The van der Waals surface area contributed by atoms with Gasteiger partial charge in [0.05, 0.1) is 13.2 Å². The highest BCUT2D eigenvalue weighted by Gasteiger charge is 2.21. The number of quaternary nitrogens is 1. The summed E-state index contributed by atoms with van der Waals surface area (Å²) in [5.74, 6) is 0.